The Balaban J connectivity index is 2.23. The molecule has 0 atom stereocenters. The van der Waals surface area contributed by atoms with Crippen molar-refractivity contribution in [1.29, 1.82) is 0 Å². The highest BCUT2D eigenvalue weighted by Gasteiger charge is 2.12. The summed E-state index contributed by atoms with van der Waals surface area (Å²) in [6, 6.07) is 0. The summed E-state index contributed by atoms with van der Waals surface area (Å²) in [6.07, 6.45) is 3.44. The fraction of sp³-hybridized carbons (Fsp3) is 0.625. The Morgan fingerprint density at radius 1 is 1.58 bits per heavy atom. The average molecular weight is 204 g/mol. The first-order valence-corrected chi connectivity index (χ1v) is 6.01. The van der Waals surface area contributed by atoms with E-state index in [9.17, 15) is 4.79 Å². The second-order valence-corrected chi connectivity index (χ2v) is 5.02. The number of hydrogen-bond donors (Lipinski definition) is 0. The summed E-state index contributed by atoms with van der Waals surface area (Å²) >= 11 is 3.74. The van der Waals surface area contributed by atoms with Crippen LogP contribution in [0.25, 0.3) is 0 Å². The van der Waals surface area contributed by atoms with Crippen LogP contribution in [0.2, 0.25) is 0 Å². The van der Waals surface area contributed by atoms with Crippen LogP contribution < -0.4 is 0 Å². The maximum atomic E-state index is 10.9. The molecule has 0 bridgehead atoms. The van der Waals surface area contributed by atoms with Gasteiger partial charge in [-0.05, 0) is 6.92 Å². The standard InChI is InChI=1S/C8H12O2S2/c1-2-10-7(9)3-4-8-11-5-6-12-8/h3-4,8H,2,5-6H2,1H3/b4-3+. The van der Waals surface area contributed by atoms with Crippen LogP contribution in [-0.2, 0) is 9.53 Å². The van der Waals surface area contributed by atoms with Crippen LogP contribution in [0, 0.1) is 0 Å². The predicted octanol–water partition coefficient (Wildman–Crippen LogP) is 1.91. The van der Waals surface area contributed by atoms with E-state index in [2.05, 4.69) is 0 Å². The number of rotatable bonds is 3. The zero-order valence-corrected chi connectivity index (χ0v) is 8.62. The highest BCUT2D eigenvalue weighted by Crippen LogP contribution is 2.32. The predicted molar refractivity (Wildman–Crippen MR) is 54.5 cm³/mol. The Labute approximate surface area is 81.1 Å². The Kier molecular flexibility index (Phi) is 4.61. The summed E-state index contributed by atoms with van der Waals surface area (Å²) in [5, 5.41) is 0. The molecule has 1 heterocycles. The minimum Gasteiger partial charge on any atom is -0.463 e. The van der Waals surface area contributed by atoms with Gasteiger partial charge in [-0.15, -0.1) is 23.5 Å². The molecule has 0 radical (unpaired) electrons. The van der Waals surface area contributed by atoms with Crippen molar-refractivity contribution in [2.75, 3.05) is 18.1 Å². The van der Waals surface area contributed by atoms with E-state index >= 15 is 0 Å². The summed E-state index contributed by atoms with van der Waals surface area (Å²) < 4.78 is 5.21. The molecular formula is C8H12O2S2. The van der Waals surface area contributed by atoms with Gasteiger partial charge in [0.15, 0.2) is 0 Å². The van der Waals surface area contributed by atoms with Crippen molar-refractivity contribution in [2.24, 2.45) is 0 Å². The molecule has 0 saturated carbocycles. The van der Waals surface area contributed by atoms with E-state index < -0.39 is 0 Å². The van der Waals surface area contributed by atoms with E-state index in [1.165, 1.54) is 17.6 Å². The third kappa shape index (κ3) is 3.54. The molecule has 0 aromatic rings. The zero-order chi connectivity index (χ0) is 8.81. The molecule has 1 aliphatic rings. The van der Waals surface area contributed by atoms with Crippen LogP contribution >= 0.6 is 23.5 Å². The molecule has 68 valence electrons. The quantitative estimate of drug-likeness (QED) is 0.518. The van der Waals surface area contributed by atoms with Crippen molar-refractivity contribution < 1.29 is 9.53 Å². The minimum absolute atomic E-state index is 0.231. The number of hydrogen-bond acceptors (Lipinski definition) is 4. The Morgan fingerprint density at radius 2 is 2.25 bits per heavy atom. The third-order valence-corrected chi connectivity index (χ3v) is 4.25. The second kappa shape index (κ2) is 5.54. The van der Waals surface area contributed by atoms with Crippen LogP contribution in [-0.4, -0.2) is 28.7 Å². The van der Waals surface area contributed by atoms with Crippen LogP contribution in [0.1, 0.15) is 6.92 Å². The summed E-state index contributed by atoms with van der Waals surface area (Å²) in [7, 11) is 0. The Hall–Kier alpha value is -0.0900. The van der Waals surface area contributed by atoms with Gasteiger partial charge in [-0.2, -0.15) is 0 Å². The number of carbonyl (C=O) groups is 1. The molecule has 2 nitrogen and oxygen atoms in total. The minimum atomic E-state index is -0.231. The van der Waals surface area contributed by atoms with Gasteiger partial charge in [0.2, 0.25) is 0 Å². The molecule has 0 aliphatic carbocycles. The number of thioether (sulfide) groups is 2. The van der Waals surface area contributed by atoms with Gasteiger partial charge >= 0.3 is 5.97 Å². The maximum Gasteiger partial charge on any atom is 0.330 e. The van der Waals surface area contributed by atoms with E-state index in [4.69, 9.17) is 4.74 Å². The molecule has 1 saturated heterocycles. The fourth-order valence-corrected chi connectivity index (χ4v) is 3.41. The van der Waals surface area contributed by atoms with Crippen LogP contribution in [0.5, 0.6) is 0 Å². The van der Waals surface area contributed by atoms with E-state index in [1.807, 2.05) is 36.5 Å². The summed E-state index contributed by atoms with van der Waals surface area (Å²) in [6.45, 7) is 2.26. The molecule has 0 amide bonds. The maximum absolute atomic E-state index is 10.9. The highest BCUT2D eigenvalue weighted by atomic mass is 32.2. The monoisotopic (exact) mass is 204 g/mol. The summed E-state index contributed by atoms with van der Waals surface area (Å²) in [4.78, 5) is 10.9. The van der Waals surface area contributed by atoms with Gasteiger partial charge in [-0.1, -0.05) is 6.08 Å². The normalized spacial score (nSPS) is 18.8. The van der Waals surface area contributed by atoms with Crippen molar-refractivity contribution in [3.63, 3.8) is 0 Å². The van der Waals surface area contributed by atoms with Crippen molar-refractivity contribution in [2.45, 2.75) is 11.5 Å². The van der Waals surface area contributed by atoms with E-state index in [0.717, 1.165) is 0 Å². The lowest BCUT2D eigenvalue weighted by molar-refractivity contribution is -0.137. The topological polar surface area (TPSA) is 26.3 Å². The van der Waals surface area contributed by atoms with Crippen molar-refractivity contribution >= 4 is 29.5 Å². The zero-order valence-electron chi connectivity index (χ0n) is 6.99. The smallest absolute Gasteiger partial charge is 0.330 e. The molecule has 12 heavy (non-hydrogen) atoms. The van der Waals surface area contributed by atoms with Crippen molar-refractivity contribution in [3.8, 4) is 0 Å². The van der Waals surface area contributed by atoms with Crippen molar-refractivity contribution in [3.05, 3.63) is 12.2 Å². The Bertz CT molecular complexity index is 174. The average Bonchev–Trinajstić information content (AvgIpc) is 2.53. The van der Waals surface area contributed by atoms with Gasteiger partial charge in [-0.25, -0.2) is 4.79 Å². The lowest BCUT2D eigenvalue weighted by Crippen LogP contribution is -2.00. The van der Waals surface area contributed by atoms with E-state index in [0.29, 0.717) is 11.2 Å². The molecule has 0 spiro atoms. The molecule has 0 N–H and O–H groups in total. The largest absolute Gasteiger partial charge is 0.463 e. The number of ether oxygens (including phenoxy) is 1. The molecule has 1 aliphatic heterocycles. The lowest BCUT2D eigenvalue weighted by atomic mass is 10.5. The molecule has 1 fully saturated rings. The van der Waals surface area contributed by atoms with E-state index in [1.54, 1.807) is 0 Å². The SMILES string of the molecule is CCOC(=O)/C=C/C1SCCS1. The molecule has 4 heteroatoms. The van der Waals surface area contributed by atoms with Gasteiger partial charge in [0.25, 0.3) is 0 Å². The Morgan fingerprint density at radius 3 is 2.83 bits per heavy atom. The van der Waals surface area contributed by atoms with Gasteiger partial charge in [0.1, 0.15) is 0 Å². The summed E-state index contributed by atoms with van der Waals surface area (Å²) in [5.41, 5.74) is 0. The van der Waals surface area contributed by atoms with Gasteiger partial charge < -0.3 is 4.74 Å². The van der Waals surface area contributed by atoms with Crippen LogP contribution in [0.4, 0.5) is 0 Å². The first-order chi connectivity index (χ1) is 5.83. The molecule has 0 unspecified atom stereocenters. The molecule has 0 aromatic carbocycles. The summed E-state index contributed by atoms with van der Waals surface area (Å²) in [5.74, 6) is 2.14. The number of esters is 1. The second-order valence-electron chi connectivity index (χ2n) is 2.22. The number of carbonyl (C=O) groups excluding carboxylic acids is 1. The van der Waals surface area contributed by atoms with Crippen LogP contribution in [0.3, 0.4) is 0 Å². The highest BCUT2D eigenvalue weighted by molar-refractivity contribution is 8.20. The van der Waals surface area contributed by atoms with Gasteiger partial charge in [-0.3, -0.25) is 0 Å². The third-order valence-electron chi connectivity index (χ3n) is 1.32. The first-order valence-electron chi connectivity index (χ1n) is 3.91. The first kappa shape index (κ1) is 9.99. The molecule has 0 aromatic heterocycles. The van der Waals surface area contributed by atoms with Crippen molar-refractivity contribution in [1.82, 2.24) is 0 Å². The van der Waals surface area contributed by atoms with E-state index in [-0.39, 0.29) is 5.97 Å². The lowest BCUT2D eigenvalue weighted by Gasteiger charge is -1.98. The van der Waals surface area contributed by atoms with Gasteiger partial charge in [0, 0.05) is 17.6 Å². The molecular weight excluding hydrogens is 192 g/mol. The molecule has 1 rings (SSSR count). The van der Waals surface area contributed by atoms with Gasteiger partial charge in [0.05, 0.1) is 11.2 Å². The van der Waals surface area contributed by atoms with Crippen LogP contribution in [0.15, 0.2) is 12.2 Å². The fourth-order valence-electron chi connectivity index (χ4n) is 0.835.